The van der Waals surface area contributed by atoms with Gasteiger partial charge in [0.05, 0.1) is 29.0 Å². The largest absolute Gasteiger partial charge is 0.509 e. The van der Waals surface area contributed by atoms with E-state index < -0.39 is 75.1 Å². The van der Waals surface area contributed by atoms with Gasteiger partial charge < -0.3 is 10.4 Å². The predicted molar refractivity (Wildman–Crippen MR) is 137 cm³/mol. The van der Waals surface area contributed by atoms with E-state index in [2.05, 4.69) is 15.3 Å². The quantitative estimate of drug-likeness (QED) is 0.277. The number of carbonyl (C=O) groups is 2. The summed E-state index contributed by atoms with van der Waals surface area (Å²) in [6, 6.07) is 7.74. The smallest absolute Gasteiger partial charge is 0.433 e. The van der Waals surface area contributed by atoms with E-state index >= 15 is 0 Å². The number of alkyl halides is 6. The molecule has 8 nitrogen and oxygen atoms in total. The van der Waals surface area contributed by atoms with Crippen LogP contribution in [0.15, 0.2) is 66.2 Å². The number of anilines is 1. The molecule has 5 rings (SSSR count). The minimum absolute atomic E-state index is 0.164. The minimum atomic E-state index is -4.94. The lowest BCUT2D eigenvalue weighted by atomic mass is 9.90. The van der Waals surface area contributed by atoms with E-state index in [1.54, 1.807) is 18.0 Å². The fourth-order valence-corrected chi connectivity index (χ4v) is 5.24. The molecule has 1 atom stereocenters. The Balaban J connectivity index is 1.56. The Bertz CT molecular complexity index is 1640. The molecule has 2 aromatic carbocycles. The topological polar surface area (TPSA) is 98.7 Å². The van der Waals surface area contributed by atoms with Crippen molar-refractivity contribution in [2.45, 2.75) is 44.2 Å². The Morgan fingerprint density at radius 2 is 1.79 bits per heavy atom. The van der Waals surface area contributed by atoms with E-state index in [1.165, 1.54) is 23.2 Å². The van der Waals surface area contributed by atoms with Crippen LogP contribution in [0.3, 0.4) is 0 Å². The second-order valence-corrected chi connectivity index (χ2v) is 10.2. The molecule has 3 aromatic rings. The van der Waals surface area contributed by atoms with Gasteiger partial charge in [-0.2, -0.15) is 26.3 Å². The number of hydrogen-bond donors (Lipinski definition) is 2. The number of hydrazine groups is 1. The van der Waals surface area contributed by atoms with Gasteiger partial charge >= 0.3 is 12.4 Å². The summed E-state index contributed by atoms with van der Waals surface area (Å²) < 4.78 is 94.4. The van der Waals surface area contributed by atoms with E-state index in [-0.39, 0.29) is 6.54 Å². The van der Waals surface area contributed by atoms with Crippen molar-refractivity contribution in [3.8, 4) is 11.3 Å². The van der Waals surface area contributed by atoms with Crippen LogP contribution in [0.4, 0.5) is 36.4 Å². The fourth-order valence-electron chi connectivity index (χ4n) is 5.24. The van der Waals surface area contributed by atoms with Crippen LogP contribution in [-0.4, -0.2) is 49.0 Å². The summed E-state index contributed by atoms with van der Waals surface area (Å²) in [5, 5.41) is 16.2. The molecular weight excluding hydrogens is 587 g/mol. The number of aliphatic hydroxyl groups is 1. The second-order valence-electron chi connectivity index (χ2n) is 10.2. The number of benzene rings is 2. The lowest BCUT2D eigenvalue weighted by molar-refractivity contribution is -0.160. The van der Waals surface area contributed by atoms with E-state index in [9.17, 15) is 45.4 Å². The number of aliphatic hydroxyl groups excluding tert-OH is 1. The highest BCUT2D eigenvalue weighted by Crippen LogP contribution is 2.42. The zero-order valence-electron chi connectivity index (χ0n) is 22.2. The summed E-state index contributed by atoms with van der Waals surface area (Å²) in [7, 11) is 0. The van der Waals surface area contributed by atoms with Crippen LogP contribution in [0.25, 0.3) is 11.3 Å². The van der Waals surface area contributed by atoms with Gasteiger partial charge in [-0.3, -0.25) is 14.6 Å². The van der Waals surface area contributed by atoms with Crippen LogP contribution >= 0.6 is 0 Å². The highest BCUT2D eigenvalue weighted by atomic mass is 19.4. The molecule has 1 aromatic heterocycles. The molecule has 226 valence electrons. The Kier molecular flexibility index (Phi) is 7.40. The Labute approximate surface area is 239 Å². The first-order valence-electron chi connectivity index (χ1n) is 12.8. The van der Waals surface area contributed by atoms with E-state index in [1.807, 2.05) is 0 Å². The Morgan fingerprint density at radius 1 is 1.05 bits per heavy atom. The van der Waals surface area contributed by atoms with Crippen LogP contribution in [0, 0.1) is 5.82 Å². The van der Waals surface area contributed by atoms with Crippen molar-refractivity contribution in [1.82, 2.24) is 20.0 Å². The maximum atomic E-state index is 13.9. The number of rotatable bonds is 5. The lowest BCUT2D eigenvalue weighted by Gasteiger charge is -2.46. The molecule has 3 heterocycles. The van der Waals surface area contributed by atoms with E-state index in [0.29, 0.717) is 49.5 Å². The maximum absolute atomic E-state index is 13.9. The Hall–Kier alpha value is -4.53. The highest BCUT2D eigenvalue weighted by Gasteiger charge is 2.52. The third-order valence-electron chi connectivity index (χ3n) is 7.37. The molecule has 2 aliphatic heterocycles. The van der Waals surface area contributed by atoms with Gasteiger partial charge in [-0.1, -0.05) is 12.1 Å². The van der Waals surface area contributed by atoms with Gasteiger partial charge in [-0.25, -0.2) is 19.4 Å². The molecule has 0 bridgehead atoms. The van der Waals surface area contributed by atoms with Gasteiger partial charge in [0.25, 0.3) is 11.8 Å². The maximum Gasteiger partial charge on any atom is 0.433 e. The van der Waals surface area contributed by atoms with Crippen molar-refractivity contribution >= 4 is 17.5 Å². The van der Waals surface area contributed by atoms with E-state index in [4.69, 9.17) is 0 Å². The highest BCUT2D eigenvalue weighted by molar-refractivity contribution is 6.24. The SMILES string of the molecule is CC12CCCN1N(Cc1cccc(F)c1)C(=O)C(C(=O)Nc1ccc(C(F)(F)F)cc1-c1cc(C(F)(F)F)ncn1)=C2O. The van der Waals surface area contributed by atoms with Crippen molar-refractivity contribution in [2.75, 3.05) is 11.9 Å². The minimum Gasteiger partial charge on any atom is -0.509 e. The monoisotopic (exact) mass is 609 g/mol. The van der Waals surface area contributed by atoms with Crippen molar-refractivity contribution in [3.63, 3.8) is 0 Å². The van der Waals surface area contributed by atoms with Gasteiger partial charge in [-0.15, -0.1) is 0 Å². The third-order valence-corrected chi connectivity index (χ3v) is 7.37. The number of aromatic nitrogens is 2. The van der Waals surface area contributed by atoms with Gasteiger partial charge in [0.1, 0.15) is 29.2 Å². The molecule has 43 heavy (non-hydrogen) atoms. The molecule has 2 aliphatic rings. The molecule has 0 radical (unpaired) electrons. The summed E-state index contributed by atoms with van der Waals surface area (Å²) in [6.45, 7) is 1.76. The number of hydrogen-bond acceptors (Lipinski definition) is 6. The van der Waals surface area contributed by atoms with Crippen molar-refractivity contribution in [1.29, 1.82) is 0 Å². The number of nitrogens with zero attached hydrogens (tertiary/aromatic N) is 4. The molecule has 1 unspecified atom stereocenters. The van der Waals surface area contributed by atoms with Crippen LogP contribution in [-0.2, 0) is 28.5 Å². The number of nitrogens with one attached hydrogen (secondary N) is 1. The van der Waals surface area contributed by atoms with Gasteiger partial charge in [-0.05, 0) is 61.7 Å². The predicted octanol–water partition coefficient (Wildman–Crippen LogP) is 5.88. The average molecular weight is 610 g/mol. The molecule has 1 fully saturated rings. The van der Waals surface area contributed by atoms with Crippen molar-refractivity contribution in [3.05, 3.63) is 88.8 Å². The summed E-state index contributed by atoms with van der Waals surface area (Å²) in [5.74, 6) is -3.33. The first-order valence-corrected chi connectivity index (χ1v) is 12.8. The zero-order chi connectivity index (χ0) is 31.3. The van der Waals surface area contributed by atoms with Crippen LogP contribution in [0.5, 0.6) is 0 Å². The number of fused-ring (bicyclic) bond motifs is 1. The standard InChI is InChI=1S/C28H22F7N5O3/c1-26-8-3-9-40(26)39(13-15-4-2-5-17(29)10-15)25(43)22(23(26)41)24(42)38-19-7-6-16(27(30,31)32)11-18(19)20-12-21(28(33,34)35)37-14-36-20/h2,4-7,10-12,14,41H,3,8-9,13H2,1H3,(H,38,42). The molecular formula is C28H22F7N5O3. The third kappa shape index (κ3) is 5.63. The molecule has 0 aliphatic carbocycles. The van der Waals surface area contributed by atoms with Gasteiger partial charge in [0, 0.05) is 12.1 Å². The molecule has 2 amide bonds. The average Bonchev–Trinajstić information content (AvgIpc) is 3.33. The molecule has 1 saturated heterocycles. The Morgan fingerprint density at radius 3 is 2.47 bits per heavy atom. The summed E-state index contributed by atoms with van der Waals surface area (Å²) >= 11 is 0. The number of carbonyl (C=O) groups excluding carboxylic acids is 2. The normalized spacial score (nSPS) is 19.5. The molecule has 15 heteroatoms. The van der Waals surface area contributed by atoms with Crippen molar-refractivity contribution < 1.29 is 45.4 Å². The lowest BCUT2D eigenvalue weighted by Crippen LogP contribution is -2.60. The van der Waals surface area contributed by atoms with Crippen LogP contribution in [0.2, 0.25) is 0 Å². The summed E-state index contributed by atoms with van der Waals surface area (Å²) in [6.07, 6.45) is -8.46. The van der Waals surface area contributed by atoms with Gasteiger partial charge in [0.2, 0.25) is 0 Å². The first kappa shape index (κ1) is 29.9. The second kappa shape index (κ2) is 10.6. The van der Waals surface area contributed by atoms with Gasteiger partial charge in [0.15, 0.2) is 0 Å². The zero-order valence-corrected chi connectivity index (χ0v) is 22.2. The summed E-state index contributed by atoms with van der Waals surface area (Å²) in [4.78, 5) is 34.0. The summed E-state index contributed by atoms with van der Waals surface area (Å²) in [5.41, 5.74) is -5.75. The van der Waals surface area contributed by atoms with Crippen molar-refractivity contribution in [2.24, 2.45) is 0 Å². The fraction of sp³-hybridized carbons (Fsp3) is 0.286. The van der Waals surface area contributed by atoms with Crippen LogP contribution in [0.1, 0.15) is 36.6 Å². The number of halogens is 7. The van der Waals surface area contributed by atoms with E-state index in [0.717, 1.165) is 6.07 Å². The molecule has 2 N–H and O–H groups in total. The molecule has 0 saturated carbocycles. The number of amides is 2. The molecule has 0 spiro atoms. The van der Waals surface area contributed by atoms with Crippen LogP contribution < -0.4 is 5.32 Å². The first-order chi connectivity index (χ1) is 20.1.